The quantitative estimate of drug-likeness (QED) is 0.443. The molecule has 4 nitrogen and oxygen atoms in total. The number of likely N-dealkylation sites (N-methyl/N-ethyl adjacent to an activating group) is 1. The van der Waals surface area contributed by atoms with Crippen LogP contribution in [0, 0.1) is 0 Å². The van der Waals surface area contributed by atoms with Crippen molar-refractivity contribution in [1.29, 1.82) is 0 Å². The molecule has 0 fully saturated rings. The van der Waals surface area contributed by atoms with Gasteiger partial charge in [-0.2, -0.15) is 0 Å². The van der Waals surface area contributed by atoms with Crippen molar-refractivity contribution in [2.45, 2.75) is 26.3 Å². The highest BCUT2D eigenvalue weighted by molar-refractivity contribution is 5.86. The molecule has 0 radical (unpaired) electrons. The van der Waals surface area contributed by atoms with Gasteiger partial charge in [0.2, 0.25) is 5.91 Å². The Labute approximate surface area is 66.9 Å². The number of carbonyl (C=O) groups excluding carboxylic acids is 1. The van der Waals surface area contributed by atoms with E-state index in [9.17, 15) is 4.79 Å². The van der Waals surface area contributed by atoms with Crippen molar-refractivity contribution >= 4 is 11.7 Å². The van der Waals surface area contributed by atoms with Gasteiger partial charge in [0.1, 0.15) is 6.04 Å². The molecule has 0 aromatic rings. The second kappa shape index (κ2) is 4.71. The molecule has 0 spiro atoms. The minimum absolute atomic E-state index is 0.110. The van der Waals surface area contributed by atoms with Gasteiger partial charge in [-0.05, 0) is 6.92 Å². The smallest absolute Gasteiger partial charge is 0.244 e. The zero-order valence-corrected chi connectivity index (χ0v) is 7.22. The lowest BCUT2D eigenvalue weighted by Crippen LogP contribution is -2.30. The Morgan fingerprint density at radius 3 is 2.64 bits per heavy atom. The lowest BCUT2D eigenvalue weighted by atomic mass is 10.3. The number of rotatable bonds is 3. The molecule has 11 heavy (non-hydrogen) atoms. The summed E-state index contributed by atoms with van der Waals surface area (Å²) in [7, 11) is 1.58. The van der Waals surface area contributed by atoms with E-state index in [2.05, 4.69) is 10.3 Å². The molecule has 64 valence electrons. The molecule has 4 heteroatoms. The first-order valence-corrected chi connectivity index (χ1v) is 3.65. The van der Waals surface area contributed by atoms with E-state index in [1.807, 2.05) is 6.92 Å². The Balaban J connectivity index is 4.04. The van der Waals surface area contributed by atoms with E-state index in [-0.39, 0.29) is 11.9 Å². The third-order valence-corrected chi connectivity index (χ3v) is 1.35. The standard InChI is InChI=1S/C7H15N3O/c1-4-6(8)10-5(2)7(11)9-3/h5H,4H2,1-3H3,(H2,8,10)(H,9,11). The van der Waals surface area contributed by atoms with Gasteiger partial charge in [-0.3, -0.25) is 9.79 Å². The third kappa shape index (κ3) is 3.60. The molecule has 0 bridgehead atoms. The topological polar surface area (TPSA) is 67.5 Å². The van der Waals surface area contributed by atoms with Crippen molar-refractivity contribution in [3.05, 3.63) is 0 Å². The Kier molecular flexibility index (Phi) is 4.26. The molecule has 1 atom stereocenters. The molecule has 0 rings (SSSR count). The normalized spacial score (nSPS) is 14.3. The van der Waals surface area contributed by atoms with Crippen LogP contribution in [0.3, 0.4) is 0 Å². The van der Waals surface area contributed by atoms with Crippen molar-refractivity contribution < 1.29 is 4.79 Å². The van der Waals surface area contributed by atoms with Crippen LogP contribution < -0.4 is 11.1 Å². The lowest BCUT2D eigenvalue weighted by Gasteiger charge is -2.04. The minimum atomic E-state index is -0.375. The van der Waals surface area contributed by atoms with Gasteiger partial charge in [-0.15, -0.1) is 0 Å². The summed E-state index contributed by atoms with van der Waals surface area (Å²) in [6.45, 7) is 3.61. The summed E-state index contributed by atoms with van der Waals surface area (Å²) in [6, 6.07) is -0.375. The molecule has 0 aromatic heterocycles. The number of nitrogens with two attached hydrogens (primary N) is 1. The Morgan fingerprint density at radius 1 is 1.73 bits per heavy atom. The molecule has 0 saturated heterocycles. The van der Waals surface area contributed by atoms with Crippen LogP contribution in [0.4, 0.5) is 0 Å². The van der Waals surface area contributed by atoms with Crippen LogP contribution in [0.5, 0.6) is 0 Å². The molecule has 0 heterocycles. The van der Waals surface area contributed by atoms with Crippen molar-refractivity contribution in [3.8, 4) is 0 Å². The van der Waals surface area contributed by atoms with Gasteiger partial charge in [0.15, 0.2) is 0 Å². The Bertz CT molecular complexity index is 165. The molecule has 3 N–H and O–H groups in total. The van der Waals surface area contributed by atoms with Gasteiger partial charge < -0.3 is 11.1 Å². The summed E-state index contributed by atoms with van der Waals surface area (Å²) in [4.78, 5) is 14.8. The summed E-state index contributed by atoms with van der Waals surface area (Å²) < 4.78 is 0. The molecule has 0 aromatic carbocycles. The number of amidine groups is 1. The van der Waals surface area contributed by atoms with E-state index in [1.165, 1.54) is 0 Å². The minimum Gasteiger partial charge on any atom is -0.387 e. The number of hydrogen-bond donors (Lipinski definition) is 2. The molecular formula is C7H15N3O. The highest BCUT2D eigenvalue weighted by atomic mass is 16.2. The van der Waals surface area contributed by atoms with E-state index in [4.69, 9.17) is 5.73 Å². The summed E-state index contributed by atoms with van der Waals surface area (Å²) in [6.07, 6.45) is 0.682. The summed E-state index contributed by atoms with van der Waals surface area (Å²) in [5.74, 6) is 0.405. The fourth-order valence-corrected chi connectivity index (χ4v) is 0.608. The van der Waals surface area contributed by atoms with Gasteiger partial charge >= 0.3 is 0 Å². The molecule has 0 aliphatic rings. The van der Waals surface area contributed by atoms with Gasteiger partial charge in [0, 0.05) is 13.5 Å². The molecular weight excluding hydrogens is 142 g/mol. The molecule has 0 aliphatic heterocycles. The Hall–Kier alpha value is -1.06. The Morgan fingerprint density at radius 2 is 2.27 bits per heavy atom. The van der Waals surface area contributed by atoms with E-state index >= 15 is 0 Å². The van der Waals surface area contributed by atoms with Crippen molar-refractivity contribution in [1.82, 2.24) is 5.32 Å². The summed E-state index contributed by atoms with van der Waals surface area (Å²) >= 11 is 0. The van der Waals surface area contributed by atoms with E-state index in [0.717, 1.165) is 0 Å². The van der Waals surface area contributed by atoms with Crippen molar-refractivity contribution in [2.24, 2.45) is 10.7 Å². The van der Waals surface area contributed by atoms with Crippen molar-refractivity contribution in [3.63, 3.8) is 0 Å². The van der Waals surface area contributed by atoms with Crippen LogP contribution in [0.25, 0.3) is 0 Å². The molecule has 0 saturated carbocycles. The number of nitrogens with one attached hydrogen (secondary N) is 1. The van der Waals surface area contributed by atoms with E-state index < -0.39 is 0 Å². The molecule has 1 amide bonds. The number of hydrogen-bond acceptors (Lipinski definition) is 2. The van der Waals surface area contributed by atoms with Gasteiger partial charge in [0.05, 0.1) is 5.84 Å². The maximum Gasteiger partial charge on any atom is 0.244 e. The van der Waals surface area contributed by atoms with Crippen LogP contribution in [0.2, 0.25) is 0 Å². The van der Waals surface area contributed by atoms with Crippen LogP contribution in [-0.2, 0) is 4.79 Å². The molecule has 1 unspecified atom stereocenters. The monoisotopic (exact) mass is 157 g/mol. The second-order valence-electron chi connectivity index (χ2n) is 2.26. The van der Waals surface area contributed by atoms with Gasteiger partial charge in [-0.25, -0.2) is 0 Å². The highest BCUT2D eigenvalue weighted by Gasteiger charge is 2.07. The van der Waals surface area contributed by atoms with Crippen LogP contribution in [-0.4, -0.2) is 24.8 Å². The first-order valence-electron chi connectivity index (χ1n) is 3.65. The first kappa shape index (κ1) is 9.94. The molecule has 0 aliphatic carbocycles. The predicted octanol–water partition coefficient (Wildman–Crippen LogP) is -0.112. The van der Waals surface area contributed by atoms with Crippen LogP contribution >= 0.6 is 0 Å². The van der Waals surface area contributed by atoms with E-state index in [1.54, 1.807) is 14.0 Å². The first-order chi connectivity index (χ1) is 5.11. The predicted molar refractivity (Wildman–Crippen MR) is 45.4 cm³/mol. The fraction of sp³-hybridized carbons (Fsp3) is 0.714. The maximum atomic E-state index is 10.9. The number of carbonyl (C=O) groups is 1. The van der Waals surface area contributed by atoms with E-state index in [0.29, 0.717) is 12.3 Å². The van der Waals surface area contributed by atoms with Gasteiger partial charge in [0.25, 0.3) is 0 Å². The zero-order valence-electron chi connectivity index (χ0n) is 7.22. The second-order valence-corrected chi connectivity index (χ2v) is 2.26. The fourth-order valence-electron chi connectivity index (χ4n) is 0.608. The van der Waals surface area contributed by atoms with Gasteiger partial charge in [-0.1, -0.05) is 6.92 Å². The zero-order chi connectivity index (χ0) is 8.85. The average molecular weight is 157 g/mol. The summed E-state index contributed by atoms with van der Waals surface area (Å²) in [5.41, 5.74) is 5.44. The van der Waals surface area contributed by atoms with Crippen molar-refractivity contribution in [2.75, 3.05) is 7.05 Å². The summed E-state index contributed by atoms with van der Waals surface area (Å²) in [5, 5.41) is 2.49. The van der Waals surface area contributed by atoms with Crippen LogP contribution in [0.15, 0.2) is 4.99 Å². The SMILES string of the molecule is CCC(N)=NC(C)C(=O)NC. The number of amides is 1. The maximum absolute atomic E-state index is 10.9. The highest BCUT2D eigenvalue weighted by Crippen LogP contribution is 1.90. The van der Waals surface area contributed by atoms with Crippen LogP contribution in [0.1, 0.15) is 20.3 Å². The average Bonchev–Trinajstić information content (AvgIpc) is 2.02. The largest absolute Gasteiger partial charge is 0.387 e. The third-order valence-electron chi connectivity index (χ3n) is 1.35. The number of nitrogens with zero attached hydrogens (tertiary/aromatic N) is 1. The number of aliphatic imine (C=N–C) groups is 1. The lowest BCUT2D eigenvalue weighted by molar-refractivity contribution is -0.121.